The van der Waals surface area contributed by atoms with Crippen LogP contribution in [-0.2, 0) is 6.42 Å². The van der Waals surface area contributed by atoms with E-state index in [1.807, 2.05) is 19.2 Å². The fourth-order valence-electron chi connectivity index (χ4n) is 1.66. The molecule has 1 aliphatic rings. The molecule has 0 bridgehead atoms. The SMILES string of the molecule is CNCC1Cc2cccc(O)c2O1. The van der Waals surface area contributed by atoms with Gasteiger partial charge in [0.15, 0.2) is 11.5 Å². The molecule has 0 saturated carbocycles. The molecule has 13 heavy (non-hydrogen) atoms. The van der Waals surface area contributed by atoms with Gasteiger partial charge in [0.25, 0.3) is 0 Å². The Hall–Kier alpha value is -1.22. The molecule has 1 heterocycles. The summed E-state index contributed by atoms with van der Waals surface area (Å²) in [5.41, 5.74) is 1.10. The first kappa shape index (κ1) is 8.38. The van der Waals surface area contributed by atoms with Crippen LogP contribution in [0.25, 0.3) is 0 Å². The molecule has 1 aromatic carbocycles. The minimum Gasteiger partial charge on any atom is -0.504 e. The number of aromatic hydroxyl groups is 1. The van der Waals surface area contributed by atoms with E-state index in [1.165, 1.54) is 0 Å². The highest BCUT2D eigenvalue weighted by atomic mass is 16.5. The summed E-state index contributed by atoms with van der Waals surface area (Å²) in [7, 11) is 1.90. The van der Waals surface area contributed by atoms with Gasteiger partial charge in [0, 0.05) is 18.5 Å². The molecule has 2 N–H and O–H groups in total. The van der Waals surface area contributed by atoms with Crippen molar-refractivity contribution in [3.63, 3.8) is 0 Å². The Morgan fingerprint density at radius 3 is 3.15 bits per heavy atom. The van der Waals surface area contributed by atoms with Gasteiger partial charge in [0.1, 0.15) is 6.10 Å². The predicted octanol–water partition coefficient (Wildman–Crippen LogP) is 0.915. The Labute approximate surface area is 77.3 Å². The average molecular weight is 179 g/mol. The molecule has 0 fully saturated rings. The third-order valence-corrected chi connectivity index (χ3v) is 2.24. The third-order valence-electron chi connectivity index (χ3n) is 2.24. The second-order valence-electron chi connectivity index (χ2n) is 3.27. The number of likely N-dealkylation sites (N-methyl/N-ethyl adjacent to an activating group) is 1. The fraction of sp³-hybridized carbons (Fsp3) is 0.400. The largest absolute Gasteiger partial charge is 0.504 e. The number of hydrogen-bond acceptors (Lipinski definition) is 3. The van der Waals surface area contributed by atoms with E-state index in [-0.39, 0.29) is 11.9 Å². The molecular weight excluding hydrogens is 166 g/mol. The number of rotatable bonds is 2. The molecule has 1 aromatic rings. The van der Waals surface area contributed by atoms with Crippen LogP contribution in [0.2, 0.25) is 0 Å². The van der Waals surface area contributed by atoms with Crippen LogP contribution in [0.5, 0.6) is 11.5 Å². The van der Waals surface area contributed by atoms with E-state index in [1.54, 1.807) is 6.07 Å². The maximum absolute atomic E-state index is 9.47. The van der Waals surface area contributed by atoms with Crippen LogP contribution in [0.1, 0.15) is 5.56 Å². The van der Waals surface area contributed by atoms with Gasteiger partial charge in [0.05, 0.1) is 0 Å². The number of benzene rings is 1. The van der Waals surface area contributed by atoms with Gasteiger partial charge in [0.2, 0.25) is 0 Å². The number of para-hydroxylation sites is 1. The van der Waals surface area contributed by atoms with E-state index in [0.717, 1.165) is 18.5 Å². The van der Waals surface area contributed by atoms with Gasteiger partial charge in [-0.05, 0) is 13.1 Å². The number of ether oxygens (including phenoxy) is 1. The lowest BCUT2D eigenvalue weighted by molar-refractivity contribution is 0.224. The van der Waals surface area contributed by atoms with Gasteiger partial charge in [-0.25, -0.2) is 0 Å². The number of nitrogens with one attached hydrogen (secondary N) is 1. The standard InChI is InChI=1S/C10H13NO2/c1-11-6-8-5-7-3-2-4-9(12)10(7)13-8/h2-4,8,11-12H,5-6H2,1H3. The zero-order valence-electron chi connectivity index (χ0n) is 7.58. The second-order valence-corrected chi connectivity index (χ2v) is 3.27. The molecule has 0 spiro atoms. The van der Waals surface area contributed by atoms with E-state index in [0.29, 0.717) is 5.75 Å². The number of phenolic OH excluding ortho intramolecular Hbond substituents is 1. The highest BCUT2D eigenvalue weighted by Crippen LogP contribution is 2.36. The van der Waals surface area contributed by atoms with Gasteiger partial charge >= 0.3 is 0 Å². The quantitative estimate of drug-likeness (QED) is 0.709. The summed E-state index contributed by atoms with van der Waals surface area (Å²) in [5.74, 6) is 0.902. The van der Waals surface area contributed by atoms with Crippen LogP contribution < -0.4 is 10.1 Å². The van der Waals surface area contributed by atoms with Crippen molar-refractivity contribution in [1.29, 1.82) is 0 Å². The monoisotopic (exact) mass is 179 g/mol. The minimum absolute atomic E-state index is 0.160. The van der Waals surface area contributed by atoms with E-state index in [4.69, 9.17) is 4.74 Å². The molecule has 1 unspecified atom stereocenters. The number of fused-ring (bicyclic) bond motifs is 1. The lowest BCUT2D eigenvalue weighted by atomic mass is 10.1. The summed E-state index contributed by atoms with van der Waals surface area (Å²) >= 11 is 0. The molecular formula is C10H13NO2. The Morgan fingerprint density at radius 1 is 1.62 bits per heavy atom. The molecule has 0 saturated heterocycles. The summed E-state index contributed by atoms with van der Waals surface area (Å²) in [6, 6.07) is 5.49. The first-order chi connectivity index (χ1) is 6.31. The van der Waals surface area contributed by atoms with Gasteiger partial charge < -0.3 is 15.2 Å². The molecule has 1 atom stereocenters. The zero-order valence-corrected chi connectivity index (χ0v) is 7.58. The van der Waals surface area contributed by atoms with Gasteiger partial charge in [-0.2, -0.15) is 0 Å². The maximum atomic E-state index is 9.47. The summed E-state index contributed by atoms with van der Waals surface area (Å²) < 4.78 is 5.57. The minimum atomic E-state index is 0.160. The topological polar surface area (TPSA) is 41.5 Å². The van der Waals surface area contributed by atoms with Crippen molar-refractivity contribution in [2.75, 3.05) is 13.6 Å². The average Bonchev–Trinajstić information content (AvgIpc) is 2.49. The molecule has 70 valence electrons. The van der Waals surface area contributed by atoms with E-state index in [9.17, 15) is 5.11 Å². The van der Waals surface area contributed by atoms with E-state index >= 15 is 0 Å². The van der Waals surface area contributed by atoms with Crippen molar-refractivity contribution in [3.8, 4) is 11.5 Å². The Kier molecular flexibility index (Phi) is 2.10. The molecule has 1 aliphatic heterocycles. The fourth-order valence-corrected chi connectivity index (χ4v) is 1.66. The molecule has 3 nitrogen and oxygen atoms in total. The van der Waals surface area contributed by atoms with Crippen LogP contribution in [0.3, 0.4) is 0 Å². The van der Waals surface area contributed by atoms with Crippen LogP contribution >= 0.6 is 0 Å². The predicted molar refractivity (Wildman–Crippen MR) is 50.2 cm³/mol. The highest BCUT2D eigenvalue weighted by Gasteiger charge is 2.24. The summed E-state index contributed by atoms with van der Waals surface area (Å²) in [4.78, 5) is 0. The van der Waals surface area contributed by atoms with E-state index in [2.05, 4.69) is 5.32 Å². The van der Waals surface area contributed by atoms with Crippen LogP contribution in [-0.4, -0.2) is 24.8 Å². The van der Waals surface area contributed by atoms with Gasteiger partial charge in [-0.15, -0.1) is 0 Å². The maximum Gasteiger partial charge on any atom is 0.164 e. The first-order valence-electron chi connectivity index (χ1n) is 4.43. The summed E-state index contributed by atoms with van der Waals surface area (Å²) in [6.07, 6.45) is 1.04. The van der Waals surface area contributed by atoms with Crippen molar-refractivity contribution in [2.24, 2.45) is 0 Å². The van der Waals surface area contributed by atoms with Crippen molar-refractivity contribution >= 4 is 0 Å². The molecule has 0 amide bonds. The molecule has 0 aliphatic carbocycles. The van der Waals surface area contributed by atoms with Crippen LogP contribution in [0, 0.1) is 0 Å². The molecule has 0 radical (unpaired) electrons. The number of phenols is 1. The second kappa shape index (κ2) is 3.26. The van der Waals surface area contributed by atoms with Crippen molar-refractivity contribution in [1.82, 2.24) is 5.32 Å². The summed E-state index contributed by atoms with van der Waals surface area (Å²) in [6.45, 7) is 0.814. The van der Waals surface area contributed by atoms with Crippen molar-refractivity contribution in [3.05, 3.63) is 23.8 Å². The van der Waals surface area contributed by atoms with Gasteiger partial charge in [-0.3, -0.25) is 0 Å². The summed E-state index contributed by atoms with van der Waals surface area (Å²) in [5, 5.41) is 12.5. The van der Waals surface area contributed by atoms with Crippen LogP contribution in [0.15, 0.2) is 18.2 Å². The Morgan fingerprint density at radius 2 is 2.46 bits per heavy atom. The van der Waals surface area contributed by atoms with Crippen molar-refractivity contribution in [2.45, 2.75) is 12.5 Å². The lowest BCUT2D eigenvalue weighted by Gasteiger charge is -2.09. The zero-order chi connectivity index (χ0) is 9.26. The van der Waals surface area contributed by atoms with E-state index < -0.39 is 0 Å². The number of hydrogen-bond donors (Lipinski definition) is 2. The van der Waals surface area contributed by atoms with Gasteiger partial charge in [-0.1, -0.05) is 12.1 Å². The van der Waals surface area contributed by atoms with Crippen molar-refractivity contribution < 1.29 is 9.84 Å². The first-order valence-corrected chi connectivity index (χ1v) is 4.43. The van der Waals surface area contributed by atoms with Crippen LogP contribution in [0.4, 0.5) is 0 Å². The lowest BCUT2D eigenvalue weighted by Crippen LogP contribution is -2.27. The molecule has 0 aromatic heterocycles. The Bertz CT molecular complexity index is 312. The molecule has 2 rings (SSSR count). The normalized spacial score (nSPS) is 19.6. The Balaban J connectivity index is 2.20. The third kappa shape index (κ3) is 1.47. The highest BCUT2D eigenvalue weighted by molar-refractivity contribution is 5.48. The molecule has 3 heteroatoms. The smallest absolute Gasteiger partial charge is 0.164 e.